The van der Waals surface area contributed by atoms with E-state index < -0.39 is 15.8 Å². The van der Waals surface area contributed by atoms with Crippen LogP contribution in [0.2, 0.25) is 0 Å². The number of hydrogen-bond acceptors (Lipinski definition) is 4. The molecule has 0 bridgehead atoms. The molecule has 2 N–H and O–H groups in total. The Labute approximate surface area is 209 Å². The molecule has 0 spiro atoms. The summed E-state index contributed by atoms with van der Waals surface area (Å²) < 4.78 is 46.0. The van der Waals surface area contributed by atoms with Gasteiger partial charge in [0.15, 0.2) is 0 Å². The van der Waals surface area contributed by atoms with Crippen molar-refractivity contribution in [3.63, 3.8) is 0 Å². The first-order valence-corrected chi connectivity index (χ1v) is 12.4. The van der Waals surface area contributed by atoms with Gasteiger partial charge in [-0.05, 0) is 77.9 Å². The molecule has 0 unspecified atom stereocenters. The number of benzene rings is 4. The molecule has 4 aromatic rings. The van der Waals surface area contributed by atoms with Gasteiger partial charge in [0, 0.05) is 16.9 Å². The van der Waals surface area contributed by atoms with Crippen molar-refractivity contribution < 1.29 is 22.3 Å². The molecule has 182 valence electrons. The van der Waals surface area contributed by atoms with Crippen LogP contribution in [0, 0.1) is 5.82 Å². The van der Waals surface area contributed by atoms with E-state index in [4.69, 9.17) is 4.74 Å². The van der Waals surface area contributed by atoms with Crippen LogP contribution in [0.25, 0.3) is 11.6 Å². The van der Waals surface area contributed by atoms with Crippen molar-refractivity contribution in [2.24, 2.45) is 0 Å². The minimum absolute atomic E-state index is 0.00174. The lowest BCUT2D eigenvalue weighted by molar-refractivity contribution is -0.111. The van der Waals surface area contributed by atoms with Crippen LogP contribution < -0.4 is 14.8 Å². The summed E-state index contributed by atoms with van der Waals surface area (Å²) in [4.78, 5) is 13.2. The van der Waals surface area contributed by atoms with Crippen LogP contribution in [-0.2, 0) is 14.8 Å². The molecule has 0 saturated heterocycles. The molecule has 4 aromatic carbocycles. The minimum atomic E-state index is -3.88. The van der Waals surface area contributed by atoms with Gasteiger partial charge in [0.2, 0.25) is 0 Å². The first-order valence-electron chi connectivity index (χ1n) is 10.9. The van der Waals surface area contributed by atoms with Crippen molar-refractivity contribution in [1.29, 1.82) is 0 Å². The van der Waals surface area contributed by atoms with Gasteiger partial charge in [0.05, 0.1) is 12.0 Å². The SMILES string of the molecule is COc1ccc(/C=C(/C(=O)Nc2ccc(S(=O)(=O)Nc3ccc(F)cc3)cc2)c2ccccc2)cc1. The summed E-state index contributed by atoms with van der Waals surface area (Å²) in [6.45, 7) is 0. The summed E-state index contributed by atoms with van der Waals surface area (Å²) in [6, 6.07) is 27.3. The zero-order valence-corrected chi connectivity index (χ0v) is 20.1. The van der Waals surface area contributed by atoms with Gasteiger partial charge in [-0.25, -0.2) is 12.8 Å². The van der Waals surface area contributed by atoms with Crippen molar-refractivity contribution in [2.45, 2.75) is 4.90 Å². The van der Waals surface area contributed by atoms with Gasteiger partial charge in [0.25, 0.3) is 15.9 Å². The quantitative estimate of drug-likeness (QED) is 0.235. The molecule has 0 fully saturated rings. The van der Waals surface area contributed by atoms with Crippen LogP contribution in [0.3, 0.4) is 0 Å². The maximum absolute atomic E-state index is 13.2. The van der Waals surface area contributed by atoms with E-state index >= 15 is 0 Å². The number of sulfonamides is 1. The van der Waals surface area contributed by atoms with Gasteiger partial charge in [-0.1, -0.05) is 42.5 Å². The topological polar surface area (TPSA) is 84.5 Å². The average Bonchev–Trinajstić information content (AvgIpc) is 2.89. The molecule has 36 heavy (non-hydrogen) atoms. The van der Waals surface area contributed by atoms with Crippen LogP contribution in [0.5, 0.6) is 5.75 Å². The van der Waals surface area contributed by atoms with E-state index in [0.29, 0.717) is 17.0 Å². The van der Waals surface area contributed by atoms with E-state index in [1.807, 2.05) is 54.6 Å². The van der Waals surface area contributed by atoms with Gasteiger partial charge in [-0.2, -0.15) is 0 Å². The number of nitrogens with one attached hydrogen (secondary N) is 2. The molecule has 6 nitrogen and oxygen atoms in total. The molecular formula is C28H23FN2O4S. The predicted octanol–water partition coefficient (Wildman–Crippen LogP) is 5.81. The number of halogens is 1. The summed E-state index contributed by atoms with van der Waals surface area (Å²) in [5.41, 5.74) is 2.66. The zero-order chi connectivity index (χ0) is 25.5. The second-order valence-electron chi connectivity index (χ2n) is 7.79. The molecule has 0 aliphatic carbocycles. The smallest absolute Gasteiger partial charge is 0.261 e. The molecule has 1 amide bonds. The number of rotatable bonds is 8. The van der Waals surface area contributed by atoms with Crippen LogP contribution in [0.15, 0.2) is 108 Å². The lowest BCUT2D eigenvalue weighted by Gasteiger charge is -2.12. The monoisotopic (exact) mass is 502 g/mol. The van der Waals surface area contributed by atoms with Crippen LogP contribution in [0.4, 0.5) is 15.8 Å². The highest BCUT2D eigenvalue weighted by Crippen LogP contribution is 2.23. The van der Waals surface area contributed by atoms with E-state index in [0.717, 1.165) is 11.1 Å². The summed E-state index contributed by atoms with van der Waals surface area (Å²) in [5.74, 6) is -0.104. The number of anilines is 2. The first kappa shape index (κ1) is 24.7. The summed E-state index contributed by atoms with van der Waals surface area (Å²) >= 11 is 0. The van der Waals surface area contributed by atoms with Crippen LogP contribution in [0.1, 0.15) is 11.1 Å². The van der Waals surface area contributed by atoms with Crippen LogP contribution >= 0.6 is 0 Å². The molecule has 0 aromatic heterocycles. The minimum Gasteiger partial charge on any atom is -0.497 e. The largest absolute Gasteiger partial charge is 0.497 e. The van der Waals surface area contributed by atoms with E-state index in [-0.39, 0.29) is 16.5 Å². The molecular weight excluding hydrogens is 479 g/mol. The normalized spacial score (nSPS) is 11.6. The third-order valence-electron chi connectivity index (χ3n) is 5.28. The van der Waals surface area contributed by atoms with Crippen LogP contribution in [-0.4, -0.2) is 21.4 Å². The van der Waals surface area contributed by atoms with Crippen molar-refractivity contribution in [3.8, 4) is 5.75 Å². The fraction of sp³-hybridized carbons (Fsp3) is 0.0357. The van der Waals surface area contributed by atoms with E-state index in [1.165, 1.54) is 48.5 Å². The molecule has 0 saturated carbocycles. The molecule has 4 rings (SSSR count). The highest BCUT2D eigenvalue weighted by atomic mass is 32.2. The molecule has 0 aliphatic rings. The Morgan fingerprint density at radius 2 is 1.42 bits per heavy atom. The molecule has 0 heterocycles. The second-order valence-corrected chi connectivity index (χ2v) is 9.47. The number of hydrogen-bond donors (Lipinski definition) is 2. The number of amides is 1. The van der Waals surface area contributed by atoms with Crippen molar-refractivity contribution >= 4 is 39.0 Å². The first-order chi connectivity index (χ1) is 17.3. The lowest BCUT2D eigenvalue weighted by Crippen LogP contribution is -2.15. The summed E-state index contributed by atoms with van der Waals surface area (Å²) in [5, 5.41) is 2.83. The fourth-order valence-electron chi connectivity index (χ4n) is 3.41. The summed E-state index contributed by atoms with van der Waals surface area (Å²) in [6.07, 6.45) is 1.77. The number of ether oxygens (including phenoxy) is 1. The second kappa shape index (κ2) is 10.9. The average molecular weight is 503 g/mol. The molecule has 0 aliphatic heterocycles. The van der Waals surface area contributed by atoms with Gasteiger partial charge >= 0.3 is 0 Å². The van der Waals surface area contributed by atoms with Crippen molar-refractivity contribution in [3.05, 3.63) is 120 Å². The maximum atomic E-state index is 13.2. The highest BCUT2D eigenvalue weighted by Gasteiger charge is 2.16. The Morgan fingerprint density at radius 1 is 0.806 bits per heavy atom. The summed E-state index contributed by atoms with van der Waals surface area (Å²) in [7, 11) is -2.30. The number of carbonyl (C=O) groups is 1. The Kier molecular flexibility index (Phi) is 7.46. The van der Waals surface area contributed by atoms with Gasteiger partial charge in [0.1, 0.15) is 11.6 Å². The van der Waals surface area contributed by atoms with Gasteiger partial charge in [-0.15, -0.1) is 0 Å². The molecule has 0 radical (unpaired) electrons. The Hall–Kier alpha value is -4.43. The lowest BCUT2D eigenvalue weighted by atomic mass is 10.0. The predicted molar refractivity (Wildman–Crippen MR) is 140 cm³/mol. The Balaban J connectivity index is 1.54. The van der Waals surface area contributed by atoms with Crippen molar-refractivity contribution in [2.75, 3.05) is 17.1 Å². The van der Waals surface area contributed by atoms with Gasteiger partial charge in [-0.3, -0.25) is 9.52 Å². The number of carbonyl (C=O) groups excluding carboxylic acids is 1. The van der Waals surface area contributed by atoms with Crippen molar-refractivity contribution in [1.82, 2.24) is 0 Å². The third-order valence-corrected chi connectivity index (χ3v) is 6.67. The van der Waals surface area contributed by atoms with Gasteiger partial charge < -0.3 is 10.1 Å². The molecule has 0 atom stereocenters. The zero-order valence-electron chi connectivity index (χ0n) is 19.3. The Morgan fingerprint density at radius 3 is 2.03 bits per heavy atom. The third kappa shape index (κ3) is 6.17. The number of methoxy groups -OCH3 is 1. The maximum Gasteiger partial charge on any atom is 0.261 e. The van der Waals surface area contributed by atoms with E-state index in [1.54, 1.807) is 13.2 Å². The Bertz CT molecular complexity index is 1470. The highest BCUT2D eigenvalue weighted by molar-refractivity contribution is 7.92. The van der Waals surface area contributed by atoms with E-state index in [9.17, 15) is 17.6 Å². The standard InChI is InChI=1S/C28H23FN2O4S/c1-35-25-15-7-20(8-16-25)19-27(21-5-3-2-4-6-21)28(32)30-23-13-17-26(18-14-23)36(33,34)31-24-11-9-22(29)10-12-24/h2-19,31H,1H3,(H,30,32)/b27-19+. The molecule has 8 heteroatoms. The fourth-order valence-corrected chi connectivity index (χ4v) is 4.47. The van der Waals surface area contributed by atoms with E-state index in [2.05, 4.69) is 10.0 Å².